The summed E-state index contributed by atoms with van der Waals surface area (Å²) in [6, 6.07) is 0.193. The molecule has 0 radical (unpaired) electrons. The number of aromatic nitrogens is 2. The van der Waals surface area contributed by atoms with Crippen molar-refractivity contribution in [3.05, 3.63) is 12.4 Å². The summed E-state index contributed by atoms with van der Waals surface area (Å²) in [4.78, 5) is 0.261. The van der Waals surface area contributed by atoms with Crippen LogP contribution in [0.1, 0.15) is 45.6 Å². The second kappa shape index (κ2) is 6.49. The van der Waals surface area contributed by atoms with Gasteiger partial charge in [0, 0.05) is 23.5 Å². The van der Waals surface area contributed by atoms with Crippen LogP contribution in [0, 0.1) is 0 Å². The summed E-state index contributed by atoms with van der Waals surface area (Å²) >= 11 is 1.75. The van der Waals surface area contributed by atoms with Crippen LogP contribution >= 0.6 is 11.8 Å². The Hall–Kier alpha value is -0.530. The van der Waals surface area contributed by atoms with Gasteiger partial charge in [0.25, 0.3) is 0 Å². The molecule has 0 aliphatic heterocycles. The Labute approximate surface area is 125 Å². The molecule has 5 nitrogen and oxygen atoms in total. The van der Waals surface area contributed by atoms with Crippen LogP contribution in [0.25, 0.3) is 0 Å². The molecule has 1 aliphatic carbocycles. The Bertz CT molecular complexity index is 540. The molecular weight excluding hydrogens is 294 g/mol. The summed E-state index contributed by atoms with van der Waals surface area (Å²) in [5.74, 6) is 0. The lowest BCUT2D eigenvalue weighted by Crippen LogP contribution is -2.43. The van der Waals surface area contributed by atoms with E-state index in [-0.39, 0.29) is 17.0 Å². The monoisotopic (exact) mass is 317 g/mol. The van der Waals surface area contributed by atoms with Gasteiger partial charge in [0.1, 0.15) is 4.90 Å². The van der Waals surface area contributed by atoms with Gasteiger partial charge in [-0.3, -0.25) is 4.68 Å². The van der Waals surface area contributed by atoms with Crippen molar-refractivity contribution in [1.29, 1.82) is 0 Å². The van der Waals surface area contributed by atoms with E-state index in [0.29, 0.717) is 5.25 Å². The van der Waals surface area contributed by atoms with Crippen molar-refractivity contribution in [2.24, 2.45) is 0 Å². The van der Waals surface area contributed by atoms with Gasteiger partial charge >= 0.3 is 0 Å². The molecule has 1 aromatic heterocycles. The highest BCUT2D eigenvalue weighted by molar-refractivity contribution is 7.99. The third-order valence-corrected chi connectivity index (χ3v) is 6.34. The van der Waals surface area contributed by atoms with Gasteiger partial charge in [0.15, 0.2) is 0 Å². The summed E-state index contributed by atoms with van der Waals surface area (Å²) in [7, 11) is -3.46. The van der Waals surface area contributed by atoms with Crippen LogP contribution in [0.2, 0.25) is 0 Å². The molecule has 0 aromatic carbocycles. The number of nitrogens with zero attached hydrogens (tertiary/aromatic N) is 2. The van der Waals surface area contributed by atoms with Crippen molar-refractivity contribution in [3.63, 3.8) is 0 Å². The predicted molar refractivity (Wildman–Crippen MR) is 82.5 cm³/mol. The fourth-order valence-electron chi connectivity index (χ4n) is 2.52. The summed E-state index contributed by atoms with van der Waals surface area (Å²) in [6.45, 7) is 3.95. The first-order chi connectivity index (χ1) is 9.44. The highest BCUT2D eigenvalue weighted by atomic mass is 32.2. The molecule has 2 atom stereocenters. The molecule has 0 unspecified atom stereocenters. The van der Waals surface area contributed by atoms with Crippen LogP contribution in [-0.4, -0.2) is 35.7 Å². The fourth-order valence-corrected chi connectivity index (χ4v) is 4.79. The lowest BCUT2D eigenvalue weighted by molar-refractivity contribution is 0.423. The molecule has 114 valence electrons. The zero-order valence-electron chi connectivity index (χ0n) is 12.2. The van der Waals surface area contributed by atoms with Crippen molar-refractivity contribution in [2.75, 3.05) is 6.26 Å². The summed E-state index contributed by atoms with van der Waals surface area (Å²) in [5.41, 5.74) is 0. The van der Waals surface area contributed by atoms with E-state index in [9.17, 15) is 8.42 Å². The average molecular weight is 317 g/mol. The standard InChI is InChI=1S/C13H23N3O2S2/c1-10(2)16-9-11(8-14-16)20(17,18)15-12-6-4-5-7-13(12)19-3/h8-10,12-13,15H,4-7H2,1-3H3/t12-,13+/m1/s1. The lowest BCUT2D eigenvalue weighted by atomic mass is 9.96. The molecule has 0 saturated heterocycles. The molecule has 1 saturated carbocycles. The maximum atomic E-state index is 12.4. The zero-order valence-corrected chi connectivity index (χ0v) is 13.9. The second-order valence-corrected chi connectivity index (χ2v) is 8.33. The van der Waals surface area contributed by atoms with Crippen molar-refractivity contribution in [1.82, 2.24) is 14.5 Å². The third kappa shape index (κ3) is 3.56. The van der Waals surface area contributed by atoms with Crippen LogP contribution in [0.15, 0.2) is 17.3 Å². The Kier molecular flexibility index (Phi) is 5.14. The Balaban J connectivity index is 2.13. The van der Waals surface area contributed by atoms with Gasteiger partial charge in [-0.25, -0.2) is 13.1 Å². The van der Waals surface area contributed by atoms with Crippen molar-refractivity contribution in [2.45, 2.75) is 61.8 Å². The highest BCUT2D eigenvalue weighted by Crippen LogP contribution is 2.28. The molecule has 1 N–H and O–H groups in total. The number of hydrogen-bond donors (Lipinski definition) is 1. The molecule has 2 rings (SSSR count). The van der Waals surface area contributed by atoms with E-state index >= 15 is 0 Å². The van der Waals surface area contributed by atoms with Gasteiger partial charge in [-0.15, -0.1) is 0 Å². The van der Waals surface area contributed by atoms with Crippen LogP contribution < -0.4 is 4.72 Å². The number of thioether (sulfide) groups is 1. The molecule has 0 amide bonds. The maximum absolute atomic E-state index is 12.4. The molecular formula is C13H23N3O2S2. The number of hydrogen-bond acceptors (Lipinski definition) is 4. The van der Waals surface area contributed by atoms with E-state index in [1.54, 1.807) is 22.6 Å². The molecule has 1 aliphatic rings. The maximum Gasteiger partial charge on any atom is 0.243 e. The first kappa shape index (κ1) is 15.9. The first-order valence-corrected chi connectivity index (χ1v) is 9.80. The van der Waals surface area contributed by atoms with Crippen LogP contribution in [0.3, 0.4) is 0 Å². The lowest BCUT2D eigenvalue weighted by Gasteiger charge is -2.30. The number of rotatable bonds is 5. The van der Waals surface area contributed by atoms with Crippen molar-refractivity contribution in [3.8, 4) is 0 Å². The molecule has 1 heterocycles. The normalized spacial score (nSPS) is 24.2. The second-order valence-electron chi connectivity index (χ2n) is 5.54. The smallest absolute Gasteiger partial charge is 0.243 e. The minimum atomic E-state index is -3.46. The molecule has 7 heteroatoms. The molecule has 1 fully saturated rings. The van der Waals surface area contributed by atoms with Crippen LogP contribution in [0.5, 0.6) is 0 Å². The summed E-state index contributed by atoms with van der Waals surface area (Å²) in [5, 5.41) is 4.48. The molecule has 20 heavy (non-hydrogen) atoms. The zero-order chi connectivity index (χ0) is 14.8. The SMILES string of the molecule is CS[C@H]1CCCC[C@H]1NS(=O)(=O)c1cnn(C(C)C)c1. The van der Waals surface area contributed by atoms with Crippen LogP contribution in [-0.2, 0) is 10.0 Å². The average Bonchev–Trinajstić information content (AvgIpc) is 2.89. The van der Waals surface area contributed by atoms with E-state index in [1.807, 2.05) is 20.1 Å². The van der Waals surface area contributed by atoms with E-state index in [0.717, 1.165) is 19.3 Å². The Morgan fingerprint density at radius 3 is 2.70 bits per heavy atom. The van der Waals surface area contributed by atoms with Gasteiger partial charge in [0.05, 0.1) is 6.20 Å². The van der Waals surface area contributed by atoms with Crippen molar-refractivity contribution >= 4 is 21.8 Å². The Morgan fingerprint density at radius 1 is 1.40 bits per heavy atom. The molecule has 0 spiro atoms. The minimum absolute atomic E-state index is 0.0335. The minimum Gasteiger partial charge on any atom is -0.269 e. The number of sulfonamides is 1. The van der Waals surface area contributed by atoms with Gasteiger partial charge in [0.2, 0.25) is 10.0 Å². The summed E-state index contributed by atoms with van der Waals surface area (Å²) < 4.78 is 29.4. The van der Waals surface area contributed by atoms with E-state index < -0.39 is 10.0 Å². The quantitative estimate of drug-likeness (QED) is 0.906. The van der Waals surface area contributed by atoms with Crippen molar-refractivity contribution < 1.29 is 8.42 Å². The molecule has 0 bridgehead atoms. The fraction of sp³-hybridized carbons (Fsp3) is 0.769. The highest BCUT2D eigenvalue weighted by Gasteiger charge is 2.29. The first-order valence-electron chi connectivity index (χ1n) is 7.03. The third-order valence-electron chi connectivity index (χ3n) is 3.73. The number of nitrogens with one attached hydrogen (secondary N) is 1. The topological polar surface area (TPSA) is 64.0 Å². The molecule has 1 aromatic rings. The van der Waals surface area contributed by atoms with Crippen LogP contribution in [0.4, 0.5) is 0 Å². The summed E-state index contributed by atoms with van der Waals surface area (Å²) in [6.07, 6.45) is 9.37. The van der Waals surface area contributed by atoms with E-state index in [1.165, 1.54) is 12.6 Å². The van der Waals surface area contributed by atoms with E-state index in [4.69, 9.17) is 0 Å². The predicted octanol–water partition coefficient (Wildman–Crippen LogP) is 2.42. The van der Waals surface area contributed by atoms with Gasteiger partial charge < -0.3 is 0 Å². The van der Waals surface area contributed by atoms with Gasteiger partial charge in [-0.2, -0.15) is 16.9 Å². The van der Waals surface area contributed by atoms with E-state index in [2.05, 4.69) is 9.82 Å². The van der Waals surface area contributed by atoms with Gasteiger partial charge in [-0.1, -0.05) is 12.8 Å². The Morgan fingerprint density at radius 2 is 2.10 bits per heavy atom. The van der Waals surface area contributed by atoms with Gasteiger partial charge in [-0.05, 0) is 32.9 Å². The largest absolute Gasteiger partial charge is 0.269 e.